The van der Waals surface area contributed by atoms with E-state index in [0.717, 1.165) is 0 Å². The van der Waals surface area contributed by atoms with Crippen LogP contribution in [0.25, 0.3) is 11.2 Å². The third-order valence-electron chi connectivity index (χ3n) is 5.28. The van der Waals surface area contributed by atoms with E-state index in [1.807, 2.05) is 6.92 Å². The van der Waals surface area contributed by atoms with Crippen molar-refractivity contribution >= 4 is 30.8 Å². The van der Waals surface area contributed by atoms with Crippen molar-refractivity contribution in [3.8, 4) is 0 Å². The fourth-order valence-corrected chi connectivity index (χ4v) is 5.59. The third-order valence-corrected chi connectivity index (χ3v) is 6.99. The predicted octanol–water partition coefficient (Wildman–Crippen LogP) is 1.79. The standard InChI is InChI=1S/C18H27N6O6P/c1-5-11-14-13(7-27-31(26,30-14)23-10(4)17(25)28-9(2)3)29-16(11)24-8-21-12-6-20-18(19)22-15(12)24/h6,8-11,13-14,16H,5,7H2,1-4H3,(H,23,26)(H2,19,20,22). The number of imidazole rings is 1. The first-order valence-electron chi connectivity index (χ1n) is 10.2. The maximum absolute atomic E-state index is 13.2. The SMILES string of the molecule is CCC1C2OP(=O)(NC(C)C(=O)OC(C)C)OCC2OC1n1cnc2cnc(N)nc21. The number of hydrogen-bond donors (Lipinski definition) is 2. The highest BCUT2D eigenvalue weighted by atomic mass is 31.2. The summed E-state index contributed by atoms with van der Waals surface area (Å²) < 4.78 is 37.7. The molecular formula is C18H27N6O6P. The van der Waals surface area contributed by atoms with Gasteiger partial charge in [-0.05, 0) is 27.2 Å². The van der Waals surface area contributed by atoms with Crippen LogP contribution in [0.1, 0.15) is 40.3 Å². The normalized spacial score (nSPS) is 31.6. The van der Waals surface area contributed by atoms with Gasteiger partial charge in [-0.25, -0.2) is 19.6 Å². The molecule has 2 aromatic rings. The Morgan fingerprint density at radius 2 is 2.19 bits per heavy atom. The summed E-state index contributed by atoms with van der Waals surface area (Å²) >= 11 is 0. The first-order chi connectivity index (χ1) is 14.7. The molecule has 31 heavy (non-hydrogen) atoms. The number of nitrogen functional groups attached to an aromatic ring is 1. The van der Waals surface area contributed by atoms with Gasteiger partial charge in [-0.2, -0.15) is 4.98 Å². The zero-order valence-corrected chi connectivity index (χ0v) is 18.7. The first-order valence-corrected chi connectivity index (χ1v) is 11.8. The number of ether oxygens (including phenoxy) is 2. The average Bonchev–Trinajstić information content (AvgIpc) is 3.26. The minimum absolute atomic E-state index is 0.0532. The Labute approximate surface area is 179 Å². The number of nitrogens with one attached hydrogen (secondary N) is 1. The van der Waals surface area contributed by atoms with Crippen molar-refractivity contribution in [3.63, 3.8) is 0 Å². The van der Waals surface area contributed by atoms with Crippen LogP contribution < -0.4 is 10.8 Å². The van der Waals surface area contributed by atoms with E-state index in [0.29, 0.717) is 17.6 Å². The van der Waals surface area contributed by atoms with Crippen molar-refractivity contribution in [2.75, 3.05) is 12.3 Å². The molecule has 6 unspecified atom stereocenters. The van der Waals surface area contributed by atoms with Crippen molar-refractivity contribution in [1.29, 1.82) is 0 Å². The number of carbonyl (C=O) groups excluding carboxylic acids is 1. The number of hydrogen-bond acceptors (Lipinski definition) is 10. The summed E-state index contributed by atoms with van der Waals surface area (Å²) in [4.78, 5) is 24.6. The zero-order valence-electron chi connectivity index (χ0n) is 17.8. The Morgan fingerprint density at radius 3 is 2.90 bits per heavy atom. The number of rotatable bonds is 6. The topological polar surface area (TPSA) is 153 Å². The molecule has 2 aliphatic heterocycles. The Bertz CT molecular complexity index is 1010. The van der Waals surface area contributed by atoms with Crippen LogP contribution in [0.15, 0.2) is 12.5 Å². The molecule has 0 aliphatic carbocycles. The van der Waals surface area contributed by atoms with Crippen molar-refractivity contribution in [2.45, 2.75) is 64.7 Å². The van der Waals surface area contributed by atoms with Gasteiger partial charge in [0.05, 0.1) is 25.2 Å². The summed E-state index contributed by atoms with van der Waals surface area (Å²) in [6, 6.07) is -0.861. The van der Waals surface area contributed by atoms with Crippen LogP contribution in [0.5, 0.6) is 0 Å². The quantitative estimate of drug-likeness (QED) is 0.485. The van der Waals surface area contributed by atoms with E-state index in [1.165, 1.54) is 0 Å². The third kappa shape index (κ3) is 4.31. The van der Waals surface area contributed by atoms with E-state index in [9.17, 15) is 9.36 Å². The van der Waals surface area contributed by atoms with Crippen LogP contribution in [0, 0.1) is 5.92 Å². The molecule has 2 aliphatic rings. The van der Waals surface area contributed by atoms with Crippen LogP contribution in [0.4, 0.5) is 5.95 Å². The van der Waals surface area contributed by atoms with Crippen molar-refractivity contribution in [3.05, 3.63) is 12.5 Å². The lowest BCUT2D eigenvalue weighted by Gasteiger charge is -2.34. The molecule has 6 atom stereocenters. The molecule has 0 aromatic carbocycles. The van der Waals surface area contributed by atoms with E-state index in [4.69, 9.17) is 24.3 Å². The molecule has 0 radical (unpaired) electrons. The summed E-state index contributed by atoms with van der Waals surface area (Å²) in [5.74, 6) is -0.557. The molecule has 0 bridgehead atoms. The Hall–Kier alpha value is -2.11. The molecule has 0 spiro atoms. The molecule has 3 N–H and O–H groups in total. The van der Waals surface area contributed by atoms with E-state index < -0.39 is 38.2 Å². The Kier molecular flexibility index (Phi) is 6.01. The van der Waals surface area contributed by atoms with Gasteiger partial charge < -0.3 is 15.2 Å². The lowest BCUT2D eigenvalue weighted by molar-refractivity contribution is -0.149. The summed E-state index contributed by atoms with van der Waals surface area (Å²) in [6.07, 6.45) is 2.15. The number of carbonyl (C=O) groups is 1. The summed E-state index contributed by atoms with van der Waals surface area (Å²) in [5.41, 5.74) is 6.87. The minimum Gasteiger partial charge on any atom is -0.462 e. The number of nitrogens with two attached hydrogens (primary N) is 1. The molecule has 13 heteroatoms. The molecule has 0 amide bonds. The van der Waals surface area contributed by atoms with Crippen molar-refractivity contribution in [2.24, 2.45) is 5.92 Å². The van der Waals surface area contributed by atoms with E-state index in [1.54, 1.807) is 37.9 Å². The van der Waals surface area contributed by atoms with E-state index in [2.05, 4.69) is 20.0 Å². The fourth-order valence-electron chi connectivity index (χ4n) is 3.86. The van der Waals surface area contributed by atoms with Gasteiger partial charge >= 0.3 is 13.7 Å². The van der Waals surface area contributed by atoms with Crippen LogP contribution in [-0.2, 0) is 27.9 Å². The zero-order chi connectivity index (χ0) is 22.3. The van der Waals surface area contributed by atoms with Crippen LogP contribution >= 0.6 is 7.75 Å². The Balaban J connectivity index is 1.53. The van der Waals surface area contributed by atoms with Gasteiger partial charge in [0.15, 0.2) is 5.65 Å². The van der Waals surface area contributed by atoms with Crippen LogP contribution in [0.2, 0.25) is 0 Å². The van der Waals surface area contributed by atoms with E-state index in [-0.39, 0.29) is 24.6 Å². The average molecular weight is 454 g/mol. The van der Waals surface area contributed by atoms with Crippen LogP contribution in [0.3, 0.4) is 0 Å². The Morgan fingerprint density at radius 1 is 1.42 bits per heavy atom. The molecule has 2 aromatic heterocycles. The van der Waals surface area contributed by atoms with Gasteiger partial charge in [-0.1, -0.05) is 6.92 Å². The van der Waals surface area contributed by atoms with Gasteiger partial charge in [0, 0.05) is 5.92 Å². The second kappa shape index (κ2) is 8.44. The molecule has 2 fully saturated rings. The number of fused-ring (bicyclic) bond motifs is 2. The molecule has 2 saturated heterocycles. The largest absolute Gasteiger partial charge is 0.462 e. The molecule has 4 rings (SSSR count). The lowest BCUT2D eigenvalue weighted by atomic mass is 9.97. The van der Waals surface area contributed by atoms with Gasteiger partial charge in [-0.3, -0.25) is 18.4 Å². The fraction of sp³-hybridized carbons (Fsp3) is 0.667. The van der Waals surface area contributed by atoms with Gasteiger partial charge in [-0.15, -0.1) is 0 Å². The summed E-state index contributed by atoms with van der Waals surface area (Å²) in [5, 5.41) is 2.67. The smallest absolute Gasteiger partial charge is 0.406 e. The molecular weight excluding hydrogens is 427 g/mol. The minimum atomic E-state index is -3.75. The highest BCUT2D eigenvalue weighted by molar-refractivity contribution is 7.51. The van der Waals surface area contributed by atoms with Crippen molar-refractivity contribution < 1.29 is 27.9 Å². The summed E-state index contributed by atoms with van der Waals surface area (Å²) in [6.45, 7) is 7.08. The number of aromatic nitrogens is 4. The molecule has 12 nitrogen and oxygen atoms in total. The predicted molar refractivity (Wildman–Crippen MR) is 110 cm³/mol. The van der Waals surface area contributed by atoms with Gasteiger partial charge in [0.1, 0.15) is 30.0 Å². The number of nitrogens with zero attached hydrogens (tertiary/aromatic N) is 4. The van der Waals surface area contributed by atoms with Crippen molar-refractivity contribution in [1.82, 2.24) is 24.6 Å². The number of anilines is 1. The van der Waals surface area contributed by atoms with E-state index >= 15 is 0 Å². The van der Waals surface area contributed by atoms with Gasteiger partial charge in [0.25, 0.3) is 0 Å². The molecule has 170 valence electrons. The first kappa shape index (κ1) is 22.1. The highest BCUT2D eigenvalue weighted by Gasteiger charge is 2.53. The monoisotopic (exact) mass is 454 g/mol. The maximum atomic E-state index is 13.2. The lowest BCUT2D eigenvalue weighted by Crippen LogP contribution is -2.42. The second-order valence-corrected chi connectivity index (χ2v) is 9.65. The summed E-state index contributed by atoms with van der Waals surface area (Å²) in [7, 11) is -3.75. The molecule has 0 saturated carbocycles. The highest BCUT2D eigenvalue weighted by Crippen LogP contribution is 2.55. The maximum Gasteiger partial charge on any atom is 0.406 e. The number of esters is 1. The second-order valence-electron chi connectivity index (χ2n) is 7.93. The van der Waals surface area contributed by atoms with Crippen LogP contribution in [-0.4, -0.2) is 56.4 Å². The van der Waals surface area contributed by atoms with Gasteiger partial charge in [0.2, 0.25) is 5.95 Å². The molecule has 4 heterocycles.